The number of tetrazole rings is 1. The smallest absolute Gasteiger partial charge is 0.417 e. The molecule has 2 heterocycles. The third-order valence-corrected chi connectivity index (χ3v) is 4.17. The highest BCUT2D eigenvalue weighted by Crippen LogP contribution is 2.25. The van der Waals surface area contributed by atoms with Crippen LogP contribution in [0.25, 0.3) is 5.69 Å². The second-order valence-electron chi connectivity index (χ2n) is 6.70. The third-order valence-electron chi connectivity index (χ3n) is 4.17. The number of ether oxygens (including phenoxy) is 1. The molecule has 0 radical (unpaired) electrons. The number of hydrogen-bond acceptors (Lipinski definition) is 7. The first-order valence-electron chi connectivity index (χ1n) is 8.31. The van der Waals surface area contributed by atoms with E-state index in [9.17, 15) is 22.8 Å². The van der Waals surface area contributed by atoms with Crippen molar-refractivity contribution in [3.8, 4) is 11.4 Å². The number of halogens is 3. The fourth-order valence-electron chi connectivity index (χ4n) is 2.75. The summed E-state index contributed by atoms with van der Waals surface area (Å²) in [5, 5.41) is 14.6. The topological polar surface area (TPSA) is 102 Å². The van der Waals surface area contributed by atoms with E-state index >= 15 is 0 Å². The molecule has 0 unspecified atom stereocenters. The lowest BCUT2D eigenvalue weighted by Gasteiger charge is -2.42. The van der Waals surface area contributed by atoms with Crippen LogP contribution in [0.15, 0.2) is 24.3 Å². The Bertz CT molecular complexity index is 896. The van der Waals surface area contributed by atoms with Crippen LogP contribution in [0.1, 0.15) is 24.5 Å². The summed E-state index contributed by atoms with van der Waals surface area (Å²) in [5.41, 5.74) is -0.535. The molecule has 1 N–H and O–H groups in total. The number of nitrogens with one attached hydrogen (secondary N) is 1. The first-order valence-corrected chi connectivity index (χ1v) is 8.31. The largest absolute Gasteiger partial charge is 0.491 e. The van der Waals surface area contributed by atoms with E-state index in [0.29, 0.717) is 19.6 Å². The maximum Gasteiger partial charge on any atom is 0.491 e. The first kappa shape index (κ1) is 19.7. The zero-order valence-electron chi connectivity index (χ0n) is 15.0. The van der Waals surface area contributed by atoms with Crippen LogP contribution in [-0.2, 0) is 4.79 Å². The molecule has 1 aliphatic rings. The molecule has 0 atom stereocenters. The van der Waals surface area contributed by atoms with Gasteiger partial charge >= 0.3 is 12.1 Å². The molecule has 1 aromatic heterocycles. The summed E-state index contributed by atoms with van der Waals surface area (Å²) in [6.45, 7) is 5.41. The zero-order chi connectivity index (χ0) is 20.5. The molecule has 3 rings (SSSR count). The number of carbonyl (C=O) groups is 2. The van der Waals surface area contributed by atoms with Gasteiger partial charge in [0, 0.05) is 19.6 Å². The molecule has 150 valence electrons. The van der Waals surface area contributed by atoms with Gasteiger partial charge in [-0.25, -0.2) is 4.79 Å². The number of amides is 1. The second kappa shape index (κ2) is 7.19. The van der Waals surface area contributed by atoms with Crippen molar-refractivity contribution in [3.63, 3.8) is 0 Å². The highest BCUT2D eigenvalue weighted by Gasteiger charge is 2.42. The molecule has 1 fully saturated rings. The zero-order valence-corrected chi connectivity index (χ0v) is 15.0. The molecular weight excluding hydrogens is 381 g/mol. The van der Waals surface area contributed by atoms with E-state index in [0.717, 1.165) is 10.9 Å². The monoisotopic (exact) mass is 398 g/mol. The Labute approximate surface area is 157 Å². The quantitative estimate of drug-likeness (QED) is 0.607. The van der Waals surface area contributed by atoms with Gasteiger partial charge in [0.2, 0.25) is 0 Å². The van der Waals surface area contributed by atoms with Crippen molar-refractivity contribution in [1.29, 1.82) is 0 Å². The fraction of sp³-hybridized carbons (Fsp3) is 0.438. The van der Waals surface area contributed by atoms with Crippen molar-refractivity contribution in [2.45, 2.75) is 25.6 Å². The Kier molecular flexibility index (Phi) is 5.06. The van der Waals surface area contributed by atoms with E-state index in [1.54, 1.807) is 4.90 Å². The van der Waals surface area contributed by atoms with E-state index in [1.165, 1.54) is 18.2 Å². The Morgan fingerprint density at radius 3 is 2.64 bits per heavy atom. The Hall–Kier alpha value is -3.02. The van der Waals surface area contributed by atoms with E-state index < -0.39 is 29.3 Å². The number of piperazine rings is 1. The average Bonchev–Trinajstić information content (AvgIpc) is 3.10. The summed E-state index contributed by atoms with van der Waals surface area (Å²) in [6.07, 6.45) is -5.15. The molecule has 12 heteroatoms. The van der Waals surface area contributed by atoms with E-state index in [4.69, 9.17) is 0 Å². The van der Waals surface area contributed by atoms with Crippen LogP contribution < -0.4 is 10.1 Å². The summed E-state index contributed by atoms with van der Waals surface area (Å²) in [5.74, 6) is -3.46. The van der Waals surface area contributed by atoms with Crippen LogP contribution in [0.3, 0.4) is 0 Å². The Morgan fingerprint density at radius 1 is 1.25 bits per heavy atom. The fourth-order valence-corrected chi connectivity index (χ4v) is 2.75. The minimum Gasteiger partial charge on any atom is -0.417 e. The number of hydrogen-bond donors (Lipinski definition) is 1. The highest BCUT2D eigenvalue weighted by atomic mass is 19.4. The number of benzene rings is 1. The highest BCUT2D eigenvalue weighted by molar-refractivity contribution is 5.91. The van der Waals surface area contributed by atoms with Gasteiger partial charge in [-0.2, -0.15) is 13.2 Å². The van der Waals surface area contributed by atoms with Crippen LogP contribution in [0, 0.1) is 0 Å². The maximum atomic E-state index is 12.7. The van der Waals surface area contributed by atoms with Crippen LogP contribution in [0.4, 0.5) is 13.2 Å². The number of aromatic nitrogens is 4. The number of esters is 1. The second-order valence-corrected chi connectivity index (χ2v) is 6.70. The number of para-hydroxylation sites is 2. The molecular formula is C16H17F3N6O3. The predicted molar refractivity (Wildman–Crippen MR) is 88.8 cm³/mol. The summed E-state index contributed by atoms with van der Waals surface area (Å²) < 4.78 is 41.8. The van der Waals surface area contributed by atoms with Crippen molar-refractivity contribution in [3.05, 3.63) is 30.1 Å². The van der Waals surface area contributed by atoms with Crippen molar-refractivity contribution < 1.29 is 27.5 Å². The Morgan fingerprint density at radius 2 is 1.96 bits per heavy atom. The molecule has 0 bridgehead atoms. The first-order chi connectivity index (χ1) is 13.1. The summed E-state index contributed by atoms with van der Waals surface area (Å²) >= 11 is 0. The Balaban J connectivity index is 1.87. The maximum absolute atomic E-state index is 12.7. The number of rotatable bonds is 3. The SMILES string of the molecule is CC1(C)CNCCN1C(=O)c1nnn(-c2ccccc2OC(=O)C(F)(F)F)n1. The lowest BCUT2D eigenvalue weighted by Crippen LogP contribution is -2.60. The lowest BCUT2D eigenvalue weighted by molar-refractivity contribution is -0.189. The van der Waals surface area contributed by atoms with Crippen molar-refractivity contribution in [2.24, 2.45) is 0 Å². The van der Waals surface area contributed by atoms with Crippen LogP contribution in [-0.4, -0.2) is 68.3 Å². The molecule has 2 aromatic rings. The summed E-state index contributed by atoms with van der Waals surface area (Å²) in [7, 11) is 0. The van der Waals surface area contributed by atoms with Gasteiger partial charge in [0.1, 0.15) is 5.69 Å². The molecule has 1 saturated heterocycles. The van der Waals surface area contributed by atoms with Crippen LogP contribution in [0.2, 0.25) is 0 Å². The van der Waals surface area contributed by atoms with Crippen LogP contribution >= 0.6 is 0 Å². The van der Waals surface area contributed by atoms with Gasteiger partial charge < -0.3 is 15.0 Å². The molecule has 9 nitrogen and oxygen atoms in total. The lowest BCUT2D eigenvalue weighted by atomic mass is 10.00. The third kappa shape index (κ3) is 3.96. The molecule has 0 spiro atoms. The molecule has 1 aromatic carbocycles. The van der Waals surface area contributed by atoms with Gasteiger partial charge in [0.15, 0.2) is 5.75 Å². The van der Waals surface area contributed by atoms with Gasteiger partial charge in [0.05, 0.1) is 5.54 Å². The average molecular weight is 398 g/mol. The van der Waals surface area contributed by atoms with Crippen molar-refractivity contribution in [2.75, 3.05) is 19.6 Å². The standard InChI is InChI=1S/C16H17F3N6O3/c1-15(2)9-20-7-8-24(15)13(26)12-21-23-25(22-12)10-5-3-4-6-11(10)28-14(27)16(17,18)19/h3-6,20H,7-9H2,1-2H3. The molecule has 1 amide bonds. The van der Waals surface area contributed by atoms with E-state index in [-0.39, 0.29) is 11.5 Å². The van der Waals surface area contributed by atoms with Gasteiger partial charge in [-0.15, -0.1) is 15.0 Å². The normalized spacial score (nSPS) is 16.7. The molecule has 0 aliphatic carbocycles. The van der Waals surface area contributed by atoms with Gasteiger partial charge in [-0.3, -0.25) is 4.79 Å². The molecule has 28 heavy (non-hydrogen) atoms. The van der Waals surface area contributed by atoms with Gasteiger partial charge in [-0.05, 0) is 31.2 Å². The molecule has 0 saturated carbocycles. The van der Waals surface area contributed by atoms with E-state index in [1.807, 2.05) is 13.8 Å². The minimum absolute atomic E-state index is 0.0637. The van der Waals surface area contributed by atoms with E-state index in [2.05, 4.69) is 25.5 Å². The number of carbonyl (C=O) groups excluding carboxylic acids is 2. The summed E-state index contributed by atoms with van der Waals surface area (Å²) in [6, 6.07) is 5.37. The van der Waals surface area contributed by atoms with Crippen LogP contribution in [0.5, 0.6) is 5.75 Å². The van der Waals surface area contributed by atoms with Crippen molar-refractivity contribution in [1.82, 2.24) is 30.4 Å². The number of alkyl halides is 3. The summed E-state index contributed by atoms with van der Waals surface area (Å²) in [4.78, 5) is 26.3. The van der Waals surface area contributed by atoms with Gasteiger partial charge in [0.25, 0.3) is 11.7 Å². The minimum atomic E-state index is -5.15. The van der Waals surface area contributed by atoms with Crippen molar-refractivity contribution >= 4 is 11.9 Å². The number of nitrogens with zero attached hydrogens (tertiary/aromatic N) is 5. The predicted octanol–water partition coefficient (Wildman–Crippen LogP) is 0.954. The molecule has 1 aliphatic heterocycles. The van der Waals surface area contributed by atoms with Gasteiger partial charge in [-0.1, -0.05) is 12.1 Å².